The molecule has 0 unspecified atom stereocenters. The predicted octanol–water partition coefficient (Wildman–Crippen LogP) is 2.23. The summed E-state index contributed by atoms with van der Waals surface area (Å²) >= 11 is 0. The highest BCUT2D eigenvalue weighted by molar-refractivity contribution is 5.28. The number of aromatic nitrogens is 3. The molecule has 0 spiro atoms. The molecule has 0 atom stereocenters. The van der Waals surface area contributed by atoms with Crippen LogP contribution in [0.15, 0.2) is 43.4 Å². The number of hydrogen-bond acceptors (Lipinski definition) is 3. The number of aryl methyl sites for hydroxylation is 1. The minimum absolute atomic E-state index is 0.711. The zero-order valence-corrected chi connectivity index (χ0v) is 9.93. The first kappa shape index (κ1) is 11.4. The van der Waals surface area contributed by atoms with E-state index in [4.69, 9.17) is 0 Å². The molecule has 0 bridgehead atoms. The number of anilines is 1. The molecular formula is C13H16N4. The van der Waals surface area contributed by atoms with Crippen molar-refractivity contribution in [3.05, 3.63) is 54.6 Å². The number of pyridine rings is 1. The number of hydrogen-bond donors (Lipinski definition) is 1. The molecule has 0 aliphatic rings. The van der Waals surface area contributed by atoms with Crippen LogP contribution in [-0.2, 0) is 6.54 Å². The van der Waals surface area contributed by atoms with Crippen LogP contribution in [0.5, 0.6) is 0 Å². The molecule has 2 aromatic rings. The molecular weight excluding hydrogens is 212 g/mol. The van der Waals surface area contributed by atoms with Crippen LogP contribution in [-0.4, -0.2) is 21.1 Å². The Morgan fingerprint density at radius 1 is 1.41 bits per heavy atom. The van der Waals surface area contributed by atoms with Crippen LogP contribution in [0.1, 0.15) is 11.3 Å². The molecule has 2 heterocycles. The van der Waals surface area contributed by atoms with Crippen molar-refractivity contribution < 1.29 is 0 Å². The van der Waals surface area contributed by atoms with E-state index in [0.29, 0.717) is 6.54 Å². The molecule has 88 valence electrons. The first-order valence-electron chi connectivity index (χ1n) is 5.57. The fraction of sp³-hybridized carbons (Fsp3) is 0.231. The topological polar surface area (TPSA) is 42.7 Å². The van der Waals surface area contributed by atoms with Gasteiger partial charge in [-0.05, 0) is 18.6 Å². The van der Waals surface area contributed by atoms with Crippen LogP contribution in [0.4, 0.5) is 5.95 Å². The fourth-order valence-electron chi connectivity index (χ4n) is 1.56. The summed E-state index contributed by atoms with van der Waals surface area (Å²) in [5.41, 5.74) is 2.19. The van der Waals surface area contributed by atoms with Gasteiger partial charge in [0.2, 0.25) is 5.95 Å². The molecule has 0 amide bonds. The molecule has 0 saturated carbocycles. The standard InChI is InChI=1S/C13H16N4/c1-3-6-14-13-15-7-8-17(13)10-12-5-4-11(2)16-9-12/h3-5,7-9H,1,6,10H2,2H3,(H,14,15). The number of nitrogens with zero attached hydrogens (tertiary/aromatic N) is 3. The summed E-state index contributed by atoms with van der Waals surface area (Å²) < 4.78 is 2.05. The van der Waals surface area contributed by atoms with Crippen molar-refractivity contribution in [3.63, 3.8) is 0 Å². The smallest absolute Gasteiger partial charge is 0.203 e. The third-order valence-corrected chi connectivity index (χ3v) is 2.45. The van der Waals surface area contributed by atoms with Gasteiger partial charge in [-0.1, -0.05) is 12.1 Å². The van der Waals surface area contributed by atoms with Crippen molar-refractivity contribution >= 4 is 5.95 Å². The van der Waals surface area contributed by atoms with Crippen LogP contribution in [0, 0.1) is 6.92 Å². The van der Waals surface area contributed by atoms with E-state index in [-0.39, 0.29) is 0 Å². The van der Waals surface area contributed by atoms with Gasteiger partial charge in [0.15, 0.2) is 0 Å². The van der Waals surface area contributed by atoms with Gasteiger partial charge in [-0.2, -0.15) is 0 Å². The molecule has 0 radical (unpaired) electrons. The second-order valence-corrected chi connectivity index (χ2v) is 3.86. The lowest BCUT2D eigenvalue weighted by Gasteiger charge is -2.08. The minimum atomic E-state index is 0.711. The van der Waals surface area contributed by atoms with Crippen LogP contribution < -0.4 is 5.32 Å². The van der Waals surface area contributed by atoms with Gasteiger partial charge in [-0.15, -0.1) is 6.58 Å². The molecule has 2 aromatic heterocycles. The Balaban J connectivity index is 2.10. The lowest BCUT2D eigenvalue weighted by Crippen LogP contribution is -2.08. The third-order valence-electron chi connectivity index (χ3n) is 2.45. The lowest BCUT2D eigenvalue weighted by atomic mass is 10.2. The van der Waals surface area contributed by atoms with Crippen molar-refractivity contribution in [2.45, 2.75) is 13.5 Å². The maximum atomic E-state index is 4.28. The van der Waals surface area contributed by atoms with Gasteiger partial charge in [0.25, 0.3) is 0 Å². The van der Waals surface area contributed by atoms with Gasteiger partial charge in [0.1, 0.15) is 0 Å². The Labute approximate surface area is 101 Å². The highest BCUT2D eigenvalue weighted by Crippen LogP contribution is 2.08. The maximum Gasteiger partial charge on any atom is 0.203 e. The van der Waals surface area contributed by atoms with E-state index >= 15 is 0 Å². The van der Waals surface area contributed by atoms with Gasteiger partial charge < -0.3 is 9.88 Å². The Hall–Kier alpha value is -2.10. The highest BCUT2D eigenvalue weighted by atomic mass is 15.2. The Bertz CT molecular complexity index is 484. The predicted molar refractivity (Wildman–Crippen MR) is 69.0 cm³/mol. The molecule has 1 N–H and O–H groups in total. The highest BCUT2D eigenvalue weighted by Gasteiger charge is 2.02. The molecule has 0 aliphatic heterocycles. The lowest BCUT2D eigenvalue weighted by molar-refractivity contribution is 0.797. The van der Waals surface area contributed by atoms with Crippen molar-refractivity contribution in [2.75, 3.05) is 11.9 Å². The maximum absolute atomic E-state index is 4.28. The van der Waals surface area contributed by atoms with Crippen LogP contribution in [0.3, 0.4) is 0 Å². The third kappa shape index (κ3) is 2.93. The summed E-state index contributed by atoms with van der Waals surface area (Å²) in [6, 6.07) is 4.10. The van der Waals surface area contributed by atoms with E-state index in [2.05, 4.69) is 32.5 Å². The number of nitrogens with one attached hydrogen (secondary N) is 1. The first-order chi connectivity index (χ1) is 8.29. The Morgan fingerprint density at radius 2 is 2.29 bits per heavy atom. The molecule has 2 rings (SSSR count). The van der Waals surface area contributed by atoms with E-state index < -0.39 is 0 Å². The van der Waals surface area contributed by atoms with Crippen molar-refractivity contribution in [1.82, 2.24) is 14.5 Å². The first-order valence-corrected chi connectivity index (χ1v) is 5.57. The SMILES string of the molecule is C=CCNc1nccn1Cc1ccc(C)nc1. The summed E-state index contributed by atoms with van der Waals surface area (Å²) in [6.45, 7) is 7.14. The second-order valence-electron chi connectivity index (χ2n) is 3.86. The molecule has 0 fully saturated rings. The van der Waals surface area contributed by atoms with E-state index in [1.165, 1.54) is 0 Å². The van der Waals surface area contributed by atoms with Gasteiger partial charge in [-0.25, -0.2) is 4.98 Å². The minimum Gasteiger partial charge on any atom is -0.352 e. The van der Waals surface area contributed by atoms with Gasteiger partial charge in [0, 0.05) is 30.8 Å². The molecule has 4 nitrogen and oxygen atoms in total. The van der Waals surface area contributed by atoms with E-state index in [9.17, 15) is 0 Å². The van der Waals surface area contributed by atoms with Crippen LogP contribution in [0.25, 0.3) is 0 Å². The fourth-order valence-corrected chi connectivity index (χ4v) is 1.56. The largest absolute Gasteiger partial charge is 0.352 e. The van der Waals surface area contributed by atoms with Crippen LogP contribution in [0.2, 0.25) is 0 Å². The van der Waals surface area contributed by atoms with E-state index in [0.717, 1.165) is 23.8 Å². The normalized spacial score (nSPS) is 10.2. The van der Waals surface area contributed by atoms with Gasteiger partial charge in [-0.3, -0.25) is 4.98 Å². The number of imidazole rings is 1. The zero-order chi connectivity index (χ0) is 12.1. The quantitative estimate of drug-likeness (QED) is 0.798. The molecule has 0 aliphatic carbocycles. The monoisotopic (exact) mass is 228 g/mol. The molecule has 0 aromatic carbocycles. The van der Waals surface area contributed by atoms with Gasteiger partial charge >= 0.3 is 0 Å². The summed E-state index contributed by atoms with van der Waals surface area (Å²) in [6.07, 6.45) is 7.44. The molecule has 4 heteroatoms. The Kier molecular flexibility index (Phi) is 3.55. The molecule has 0 saturated heterocycles. The summed E-state index contributed by atoms with van der Waals surface area (Å²) in [4.78, 5) is 8.53. The van der Waals surface area contributed by atoms with Crippen molar-refractivity contribution in [3.8, 4) is 0 Å². The average molecular weight is 228 g/mol. The second kappa shape index (κ2) is 5.30. The summed E-state index contributed by atoms with van der Waals surface area (Å²) in [5.74, 6) is 0.852. The van der Waals surface area contributed by atoms with E-state index in [1.807, 2.05) is 31.5 Å². The van der Waals surface area contributed by atoms with Crippen LogP contribution >= 0.6 is 0 Å². The van der Waals surface area contributed by atoms with E-state index in [1.54, 1.807) is 6.20 Å². The summed E-state index contributed by atoms with van der Waals surface area (Å²) in [7, 11) is 0. The van der Waals surface area contributed by atoms with Crippen molar-refractivity contribution in [1.29, 1.82) is 0 Å². The summed E-state index contributed by atoms with van der Waals surface area (Å²) in [5, 5.41) is 3.19. The zero-order valence-electron chi connectivity index (χ0n) is 9.93. The van der Waals surface area contributed by atoms with Crippen molar-refractivity contribution in [2.24, 2.45) is 0 Å². The Morgan fingerprint density at radius 3 is 3.00 bits per heavy atom. The molecule has 17 heavy (non-hydrogen) atoms. The average Bonchev–Trinajstić information content (AvgIpc) is 2.77. The number of rotatable bonds is 5. The van der Waals surface area contributed by atoms with Gasteiger partial charge in [0.05, 0.1) is 6.54 Å².